The molecular formula is C14H18N4O2. The second kappa shape index (κ2) is 6.72. The molecule has 1 aromatic heterocycles. The van der Waals surface area contributed by atoms with Crippen LogP contribution < -0.4 is 10.6 Å². The fourth-order valence-corrected chi connectivity index (χ4v) is 1.84. The Morgan fingerprint density at radius 1 is 1.40 bits per heavy atom. The van der Waals surface area contributed by atoms with E-state index in [1.54, 1.807) is 10.9 Å². The van der Waals surface area contributed by atoms with Gasteiger partial charge in [0.15, 0.2) is 0 Å². The highest BCUT2D eigenvalue weighted by atomic mass is 16.3. The molecule has 0 aliphatic carbocycles. The topological polar surface area (TPSA) is 79.2 Å². The van der Waals surface area contributed by atoms with Gasteiger partial charge in [0.1, 0.15) is 0 Å². The van der Waals surface area contributed by atoms with E-state index in [2.05, 4.69) is 15.7 Å². The zero-order valence-electron chi connectivity index (χ0n) is 11.3. The van der Waals surface area contributed by atoms with E-state index in [1.165, 1.54) is 0 Å². The fraction of sp³-hybridized carbons (Fsp3) is 0.286. The molecule has 1 heterocycles. The zero-order valence-corrected chi connectivity index (χ0v) is 11.3. The maximum Gasteiger partial charge on any atom is 0.319 e. The Bertz CT molecular complexity index is 554. The summed E-state index contributed by atoms with van der Waals surface area (Å²) in [6.07, 6.45) is 4.02. The number of rotatable bonds is 5. The SMILES string of the molecule is C[C@H](CCO)NC(=O)Nc1ccccc1-n1cccn1. The minimum absolute atomic E-state index is 0.0469. The van der Waals surface area contributed by atoms with Crippen molar-refractivity contribution < 1.29 is 9.90 Å². The normalized spacial score (nSPS) is 11.9. The maximum atomic E-state index is 11.9. The standard InChI is InChI=1S/C14H18N4O2/c1-11(7-10-19)16-14(20)17-12-5-2-3-6-13(12)18-9-4-8-15-18/h2-6,8-9,11,19H,7,10H2,1H3,(H2,16,17,20)/t11-/m1/s1. The summed E-state index contributed by atoms with van der Waals surface area (Å²) in [5.41, 5.74) is 1.47. The lowest BCUT2D eigenvalue weighted by Gasteiger charge is -2.15. The second-order valence-corrected chi connectivity index (χ2v) is 4.48. The molecule has 0 spiro atoms. The van der Waals surface area contributed by atoms with E-state index >= 15 is 0 Å². The summed E-state index contributed by atoms with van der Waals surface area (Å²) in [6.45, 7) is 1.89. The minimum atomic E-state index is -0.300. The Morgan fingerprint density at radius 3 is 2.90 bits per heavy atom. The van der Waals surface area contributed by atoms with E-state index in [1.807, 2.05) is 43.5 Å². The van der Waals surface area contributed by atoms with Gasteiger partial charge in [-0.1, -0.05) is 12.1 Å². The number of nitrogens with zero attached hydrogens (tertiary/aromatic N) is 2. The van der Waals surface area contributed by atoms with Gasteiger partial charge in [-0.2, -0.15) is 5.10 Å². The molecule has 0 bridgehead atoms. The highest BCUT2D eigenvalue weighted by Gasteiger charge is 2.10. The van der Waals surface area contributed by atoms with Crippen LogP contribution in [0.25, 0.3) is 5.69 Å². The molecule has 106 valence electrons. The van der Waals surface area contributed by atoms with Crippen molar-refractivity contribution in [2.75, 3.05) is 11.9 Å². The van der Waals surface area contributed by atoms with Crippen LogP contribution >= 0.6 is 0 Å². The number of anilines is 1. The number of hydrogen-bond acceptors (Lipinski definition) is 3. The summed E-state index contributed by atoms with van der Waals surface area (Å²) in [7, 11) is 0. The molecule has 2 aromatic rings. The zero-order chi connectivity index (χ0) is 14.4. The number of hydrogen-bond donors (Lipinski definition) is 3. The molecule has 6 nitrogen and oxygen atoms in total. The third-order valence-corrected chi connectivity index (χ3v) is 2.84. The van der Waals surface area contributed by atoms with Gasteiger partial charge in [0.25, 0.3) is 0 Å². The molecule has 2 rings (SSSR count). The lowest BCUT2D eigenvalue weighted by molar-refractivity contribution is 0.241. The molecular weight excluding hydrogens is 256 g/mol. The Kier molecular flexibility index (Phi) is 4.73. The van der Waals surface area contributed by atoms with E-state index in [9.17, 15) is 4.79 Å². The van der Waals surface area contributed by atoms with Crippen molar-refractivity contribution in [3.63, 3.8) is 0 Å². The lowest BCUT2D eigenvalue weighted by atomic mass is 10.2. The molecule has 2 amide bonds. The number of urea groups is 1. The number of aliphatic hydroxyl groups is 1. The first-order chi connectivity index (χ1) is 9.70. The Morgan fingerprint density at radius 2 is 2.20 bits per heavy atom. The first kappa shape index (κ1) is 14.1. The summed E-state index contributed by atoms with van der Waals surface area (Å²) < 4.78 is 1.69. The number of benzene rings is 1. The van der Waals surface area contributed by atoms with Crippen LogP contribution in [0.2, 0.25) is 0 Å². The third-order valence-electron chi connectivity index (χ3n) is 2.84. The van der Waals surface area contributed by atoms with Crippen molar-refractivity contribution in [2.45, 2.75) is 19.4 Å². The van der Waals surface area contributed by atoms with E-state index in [0.29, 0.717) is 12.1 Å². The summed E-state index contributed by atoms with van der Waals surface area (Å²) >= 11 is 0. The van der Waals surface area contributed by atoms with Gasteiger partial charge in [-0.15, -0.1) is 0 Å². The monoisotopic (exact) mass is 274 g/mol. The number of carbonyl (C=O) groups is 1. The molecule has 20 heavy (non-hydrogen) atoms. The first-order valence-electron chi connectivity index (χ1n) is 6.48. The molecule has 6 heteroatoms. The Balaban J connectivity index is 2.08. The van der Waals surface area contributed by atoms with Crippen LogP contribution in [-0.4, -0.2) is 33.6 Å². The molecule has 1 atom stereocenters. The smallest absolute Gasteiger partial charge is 0.319 e. The number of carbonyl (C=O) groups excluding carboxylic acids is 1. The van der Waals surface area contributed by atoms with Crippen LogP contribution in [0, 0.1) is 0 Å². The fourth-order valence-electron chi connectivity index (χ4n) is 1.84. The second-order valence-electron chi connectivity index (χ2n) is 4.48. The largest absolute Gasteiger partial charge is 0.396 e. The van der Waals surface area contributed by atoms with Crippen molar-refractivity contribution in [1.29, 1.82) is 0 Å². The molecule has 0 radical (unpaired) electrons. The highest BCUT2D eigenvalue weighted by Crippen LogP contribution is 2.18. The molecule has 0 saturated heterocycles. The predicted molar refractivity (Wildman–Crippen MR) is 76.9 cm³/mol. The van der Waals surface area contributed by atoms with Crippen LogP contribution in [0.1, 0.15) is 13.3 Å². The van der Waals surface area contributed by atoms with Crippen molar-refractivity contribution in [1.82, 2.24) is 15.1 Å². The van der Waals surface area contributed by atoms with E-state index in [4.69, 9.17) is 5.11 Å². The van der Waals surface area contributed by atoms with Gasteiger partial charge >= 0.3 is 6.03 Å². The van der Waals surface area contributed by atoms with Crippen LogP contribution in [0.3, 0.4) is 0 Å². The van der Waals surface area contributed by atoms with Gasteiger partial charge in [-0.25, -0.2) is 9.48 Å². The van der Waals surface area contributed by atoms with E-state index < -0.39 is 0 Å². The number of para-hydroxylation sites is 2. The molecule has 1 aromatic carbocycles. The summed E-state index contributed by atoms with van der Waals surface area (Å²) in [5, 5.41) is 18.5. The van der Waals surface area contributed by atoms with Gasteiger partial charge in [0.05, 0.1) is 11.4 Å². The van der Waals surface area contributed by atoms with Gasteiger partial charge < -0.3 is 15.7 Å². The Labute approximate surface area is 117 Å². The average Bonchev–Trinajstić information content (AvgIpc) is 2.93. The number of aliphatic hydroxyl groups excluding tert-OH is 1. The Hall–Kier alpha value is -2.34. The first-order valence-corrected chi connectivity index (χ1v) is 6.48. The van der Waals surface area contributed by atoms with E-state index in [0.717, 1.165) is 5.69 Å². The van der Waals surface area contributed by atoms with Gasteiger partial charge in [-0.05, 0) is 31.5 Å². The highest BCUT2D eigenvalue weighted by molar-refractivity contribution is 5.91. The van der Waals surface area contributed by atoms with Gasteiger partial charge in [-0.3, -0.25) is 0 Å². The van der Waals surface area contributed by atoms with Crippen LogP contribution in [0.5, 0.6) is 0 Å². The minimum Gasteiger partial charge on any atom is -0.396 e. The number of amides is 2. The molecule has 0 saturated carbocycles. The molecule has 0 fully saturated rings. The number of nitrogens with one attached hydrogen (secondary N) is 2. The predicted octanol–water partition coefficient (Wildman–Crippen LogP) is 1.76. The van der Waals surface area contributed by atoms with Crippen LogP contribution in [-0.2, 0) is 0 Å². The number of aromatic nitrogens is 2. The summed E-state index contributed by atoms with van der Waals surface area (Å²) in [4.78, 5) is 11.9. The third kappa shape index (κ3) is 3.58. The summed E-state index contributed by atoms with van der Waals surface area (Å²) in [6, 6.07) is 8.85. The van der Waals surface area contributed by atoms with Crippen molar-refractivity contribution in [2.24, 2.45) is 0 Å². The molecule has 0 aliphatic rings. The lowest BCUT2D eigenvalue weighted by Crippen LogP contribution is -2.36. The average molecular weight is 274 g/mol. The van der Waals surface area contributed by atoms with Gasteiger partial charge in [0.2, 0.25) is 0 Å². The molecule has 0 unspecified atom stereocenters. The molecule has 3 N–H and O–H groups in total. The summed E-state index contributed by atoms with van der Waals surface area (Å²) in [5.74, 6) is 0. The maximum absolute atomic E-state index is 11.9. The van der Waals surface area contributed by atoms with Crippen molar-refractivity contribution >= 4 is 11.7 Å². The van der Waals surface area contributed by atoms with Crippen molar-refractivity contribution in [3.8, 4) is 5.69 Å². The van der Waals surface area contributed by atoms with Crippen molar-refractivity contribution in [3.05, 3.63) is 42.7 Å². The van der Waals surface area contributed by atoms with Crippen LogP contribution in [0.15, 0.2) is 42.7 Å². The molecule has 0 aliphatic heterocycles. The quantitative estimate of drug-likeness (QED) is 0.777. The van der Waals surface area contributed by atoms with Gasteiger partial charge in [0, 0.05) is 25.0 Å². The van der Waals surface area contributed by atoms with Crippen LogP contribution in [0.4, 0.5) is 10.5 Å². The van der Waals surface area contributed by atoms with E-state index in [-0.39, 0.29) is 18.7 Å².